The molecule has 2 aliphatic heterocycles. The van der Waals surface area contributed by atoms with Crippen LogP contribution in [0.15, 0.2) is 29.6 Å². The topological polar surface area (TPSA) is 123 Å². The number of benzene rings is 1. The Morgan fingerprint density at radius 1 is 1.22 bits per heavy atom. The lowest BCUT2D eigenvalue weighted by Crippen LogP contribution is -2.42. The molecule has 2 N–H and O–H groups in total. The zero-order valence-electron chi connectivity index (χ0n) is 17.4. The van der Waals surface area contributed by atoms with Gasteiger partial charge in [-0.05, 0) is 43.0 Å². The quantitative estimate of drug-likeness (QED) is 0.501. The molecule has 1 aromatic carbocycles. The number of nitrogens with one attached hydrogen (secondary N) is 2. The third-order valence-electron chi connectivity index (χ3n) is 5.11. The van der Waals surface area contributed by atoms with Crippen molar-refractivity contribution in [3.63, 3.8) is 0 Å². The molecule has 0 bridgehead atoms. The fourth-order valence-corrected chi connectivity index (χ4v) is 4.27. The van der Waals surface area contributed by atoms with Gasteiger partial charge in [-0.25, -0.2) is 9.59 Å². The molecule has 0 radical (unpaired) electrons. The van der Waals surface area contributed by atoms with E-state index in [1.165, 1.54) is 6.07 Å². The highest BCUT2D eigenvalue weighted by Crippen LogP contribution is 2.37. The number of carbonyl (C=O) groups is 4. The van der Waals surface area contributed by atoms with E-state index in [4.69, 9.17) is 14.2 Å². The molecule has 4 rings (SSSR count). The van der Waals surface area contributed by atoms with Gasteiger partial charge in [-0.3, -0.25) is 14.5 Å². The number of imide groups is 1. The predicted molar refractivity (Wildman–Crippen MR) is 114 cm³/mol. The maximum atomic E-state index is 13.1. The summed E-state index contributed by atoms with van der Waals surface area (Å²) in [5, 5.41) is 7.15. The van der Waals surface area contributed by atoms with Crippen molar-refractivity contribution in [2.24, 2.45) is 0 Å². The Bertz CT molecular complexity index is 1100. The fraction of sp³-hybridized carbons (Fsp3) is 0.333. The van der Waals surface area contributed by atoms with Crippen LogP contribution in [0.4, 0.5) is 9.80 Å². The second-order valence-corrected chi connectivity index (χ2v) is 8.15. The van der Waals surface area contributed by atoms with Crippen LogP contribution >= 0.6 is 11.3 Å². The summed E-state index contributed by atoms with van der Waals surface area (Å²) in [6.45, 7) is 3.75. The van der Waals surface area contributed by atoms with Gasteiger partial charge < -0.3 is 24.8 Å². The summed E-state index contributed by atoms with van der Waals surface area (Å²) < 4.78 is 16.0. The summed E-state index contributed by atoms with van der Waals surface area (Å²) in [6.07, 6.45) is 0. The molecule has 1 atom stereocenters. The van der Waals surface area contributed by atoms with Crippen molar-refractivity contribution >= 4 is 40.2 Å². The number of nitrogens with zero attached hydrogens (tertiary/aromatic N) is 1. The van der Waals surface area contributed by atoms with Crippen molar-refractivity contribution in [3.05, 3.63) is 40.8 Å². The average molecular weight is 459 g/mol. The average Bonchev–Trinajstić information content (AvgIpc) is 3.32. The van der Waals surface area contributed by atoms with Crippen LogP contribution < -0.4 is 20.1 Å². The number of carbonyl (C=O) groups excluding carboxylic acids is 4. The van der Waals surface area contributed by atoms with Crippen LogP contribution in [0.3, 0.4) is 0 Å². The summed E-state index contributed by atoms with van der Waals surface area (Å²) in [6, 6.07) is 5.84. The van der Waals surface area contributed by atoms with E-state index in [1.807, 2.05) is 0 Å². The molecule has 1 fully saturated rings. The van der Waals surface area contributed by atoms with Gasteiger partial charge in [0.1, 0.15) is 30.3 Å². The number of ether oxygens (including phenoxy) is 3. The standard InChI is InChI=1S/C21H21N3O7S/c1-3-29-18(26)13-6-9-32-17(13)22-16(25)11-24-19(27)21(2,23-20(24)28)12-4-5-14-15(10-12)31-8-7-30-14/h4-6,9-10H,3,7-8,11H2,1-2H3,(H,22,25)(H,23,28)/t21-/m0/s1. The molecule has 168 valence electrons. The lowest BCUT2D eigenvalue weighted by Gasteiger charge is -2.25. The molecule has 0 spiro atoms. The van der Waals surface area contributed by atoms with Crippen LogP contribution in [0.25, 0.3) is 0 Å². The number of amides is 4. The van der Waals surface area contributed by atoms with E-state index in [0.29, 0.717) is 30.3 Å². The first-order chi connectivity index (χ1) is 15.3. The first-order valence-corrected chi connectivity index (χ1v) is 10.8. The van der Waals surface area contributed by atoms with Gasteiger partial charge in [0.05, 0.1) is 12.2 Å². The van der Waals surface area contributed by atoms with Crippen LogP contribution in [-0.4, -0.2) is 55.1 Å². The minimum atomic E-state index is -1.37. The summed E-state index contributed by atoms with van der Waals surface area (Å²) >= 11 is 1.14. The minimum Gasteiger partial charge on any atom is -0.486 e. The van der Waals surface area contributed by atoms with Gasteiger partial charge >= 0.3 is 12.0 Å². The Labute approximate surface area is 187 Å². The molecule has 32 heavy (non-hydrogen) atoms. The summed E-state index contributed by atoms with van der Waals surface area (Å²) in [4.78, 5) is 51.1. The molecule has 0 aliphatic carbocycles. The van der Waals surface area contributed by atoms with E-state index in [9.17, 15) is 19.2 Å². The summed E-state index contributed by atoms with van der Waals surface area (Å²) in [7, 11) is 0. The Kier molecular flexibility index (Phi) is 5.74. The number of thiophene rings is 1. The zero-order valence-corrected chi connectivity index (χ0v) is 18.2. The molecule has 0 saturated carbocycles. The molecule has 2 aromatic rings. The second kappa shape index (κ2) is 8.50. The van der Waals surface area contributed by atoms with Crippen LogP contribution in [0, 0.1) is 0 Å². The lowest BCUT2D eigenvalue weighted by molar-refractivity contribution is -0.133. The van der Waals surface area contributed by atoms with Crippen molar-refractivity contribution in [1.29, 1.82) is 0 Å². The van der Waals surface area contributed by atoms with Crippen molar-refractivity contribution in [2.75, 3.05) is 31.7 Å². The molecule has 1 aromatic heterocycles. The predicted octanol–water partition coefficient (Wildman–Crippen LogP) is 2.10. The van der Waals surface area contributed by atoms with Crippen LogP contribution in [0.1, 0.15) is 29.8 Å². The monoisotopic (exact) mass is 459 g/mol. The van der Waals surface area contributed by atoms with Gasteiger partial charge in [0.2, 0.25) is 5.91 Å². The third kappa shape index (κ3) is 3.86. The van der Waals surface area contributed by atoms with Gasteiger partial charge in [-0.15, -0.1) is 11.3 Å². The number of rotatable bonds is 6. The highest BCUT2D eigenvalue weighted by Gasteiger charge is 2.49. The molecule has 4 amide bonds. The van der Waals surface area contributed by atoms with Crippen LogP contribution in [-0.2, 0) is 19.9 Å². The summed E-state index contributed by atoms with van der Waals surface area (Å²) in [5.74, 6) is -0.716. The number of fused-ring (bicyclic) bond motifs is 1. The molecular formula is C21H21N3O7S. The van der Waals surface area contributed by atoms with E-state index < -0.39 is 35.9 Å². The number of hydrogen-bond acceptors (Lipinski definition) is 8. The highest BCUT2D eigenvalue weighted by atomic mass is 32.1. The van der Waals surface area contributed by atoms with Crippen LogP contribution in [0.2, 0.25) is 0 Å². The third-order valence-corrected chi connectivity index (χ3v) is 5.94. The number of hydrogen-bond donors (Lipinski definition) is 2. The molecule has 3 heterocycles. The van der Waals surface area contributed by atoms with E-state index in [-0.39, 0.29) is 17.2 Å². The number of esters is 1. The molecule has 0 unspecified atom stereocenters. The maximum absolute atomic E-state index is 13.1. The first kappa shape index (κ1) is 21.6. The molecular weight excluding hydrogens is 438 g/mol. The normalized spacial score (nSPS) is 19.5. The van der Waals surface area contributed by atoms with E-state index >= 15 is 0 Å². The van der Waals surface area contributed by atoms with Crippen LogP contribution in [0.5, 0.6) is 11.5 Å². The Balaban J connectivity index is 1.48. The van der Waals surface area contributed by atoms with Crippen molar-refractivity contribution < 1.29 is 33.4 Å². The van der Waals surface area contributed by atoms with E-state index in [1.54, 1.807) is 37.4 Å². The van der Waals surface area contributed by atoms with Gasteiger partial charge in [0.15, 0.2) is 11.5 Å². The number of urea groups is 1. The SMILES string of the molecule is CCOC(=O)c1ccsc1NC(=O)CN1C(=O)N[C@@](C)(c2ccc3c(c2)OCCO3)C1=O. The lowest BCUT2D eigenvalue weighted by atomic mass is 9.91. The molecule has 2 aliphatic rings. The van der Waals surface area contributed by atoms with E-state index in [0.717, 1.165) is 16.2 Å². The largest absolute Gasteiger partial charge is 0.486 e. The Morgan fingerprint density at radius 3 is 2.72 bits per heavy atom. The molecule has 1 saturated heterocycles. The van der Waals surface area contributed by atoms with Gasteiger partial charge in [-0.2, -0.15) is 0 Å². The van der Waals surface area contributed by atoms with Gasteiger partial charge in [0.25, 0.3) is 5.91 Å². The minimum absolute atomic E-state index is 0.197. The smallest absolute Gasteiger partial charge is 0.341 e. The van der Waals surface area contributed by atoms with Gasteiger partial charge in [-0.1, -0.05) is 6.07 Å². The van der Waals surface area contributed by atoms with Crippen molar-refractivity contribution in [3.8, 4) is 11.5 Å². The zero-order chi connectivity index (χ0) is 22.9. The van der Waals surface area contributed by atoms with E-state index in [2.05, 4.69) is 10.6 Å². The van der Waals surface area contributed by atoms with Crippen molar-refractivity contribution in [2.45, 2.75) is 19.4 Å². The van der Waals surface area contributed by atoms with Crippen molar-refractivity contribution in [1.82, 2.24) is 10.2 Å². The van der Waals surface area contributed by atoms with Gasteiger partial charge in [0, 0.05) is 0 Å². The fourth-order valence-electron chi connectivity index (χ4n) is 3.48. The highest BCUT2D eigenvalue weighted by molar-refractivity contribution is 7.14. The number of anilines is 1. The second-order valence-electron chi connectivity index (χ2n) is 7.24. The molecule has 10 nitrogen and oxygen atoms in total. The summed E-state index contributed by atoms with van der Waals surface area (Å²) in [5.41, 5.74) is -0.652. The Morgan fingerprint density at radius 2 is 1.97 bits per heavy atom. The Hall–Kier alpha value is -3.60. The maximum Gasteiger partial charge on any atom is 0.341 e. The first-order valence-electron chi connectivity index (χ1n) is 9.92. The molecule has 11 heteroatoms.